The second-order valence-electron chi connectivity index (χ2n) is 4.50. The summed E-state index contributed by atoms with van der Waals surface area (Å²) in [6.07, 6.45) is 3.68. The van der Waals surface area contributed by atoms with Crippen LogP contribution in [0.3, 0.4) is 0 Å². The summed E-state index contributed by atoms with van der Waals surface area (Å²) >= 11 is 3.41. The molecule has 0 saturated heterocycles. The zero-order valence-corrected chi connectivity index (χ0v) is 12.2. The van der Waals surface area contributed by atoms with Crippen molar-refractivity contribution in [2.75, 3.05) is 5.32 Å². The molecule has 2 nitrogen and oxygen atoms in total. The number of hydrogen-bond donors (Lipinski definition) is 1. The van der Waals surface area contributed by atoms with Crippen LogP contribution in [0.15, 0.2) is 59.3 Å². The minimum absolute atomic E-state index is 0.258. The fourth-order valence-electron chi connectivity index (χ4n) is 2.14. The van der Waals surface area contributed by atoms with Gasteiger partial charge in [-0.15, -0.1) is 0 Å². The number of rotatable bonds is 3. The highest BCUT2D eigenvalue weighted by Crippen LogP contribution is 2.24. The van der Waals surface area contributed by atoms with Crippen molar-refractivity contribution in [1.82, 2.24) is 4.98 Å². The van der Waals surface area contributed by atoms with Gasteiger partial charge in [0.25, 0.3) is 0 Å². The van der Waals surface area contributed by atoms with E-state index < -0.39 is 0 Å². The molecule has 3 aromatic rings. The first-order chi connectivity index (χ1) is 9.74. The Hall–Kier alpha value is -1.94. The van der Waals surface area contributed by atoms with E-state index in [2.05, 4.69) is 32.3 Å². The molecule has 3 rings (SSSR count). The van der Waals surface area contributed by atoms with Crippen molar-refractivity contribution in [3.8, 4) is 0 Å². The maximum absolute atomic E-state index is 13.3. The normalized spacial score (nSPS) is 10.7. The fraction of sp³-hybridized carbons (Fsp3) is 0.0625. The van der Waals surface area contributed by atoms with E-state index in [0.717, 1.165) is 26.5 Å². The van der Waals surface area contributed by atoms with Crippen molar-refractivity contribution in [3.63, 3.8) is 0 Å². The van der Waals surface area contributed by atoms with Crippen LogP contribution in [-0.2, 0) is 6.54 Å². The molecule has 0 saturated carbocycles. The Kier molecular flexibility index (Phi) is 3.65. The Morgan fingerprint density at radius 2 is 1.95 bits per heavy atom. The van der Waals surface area contributed by atoms with Gasteiger partial charge in [-0.1, -0.05) is 24.3 Å². The van der Waals surface area contributed by atoms with Gasteiger partial charge in [-0.25, -0.2) is 4.39 Å². The molecule has 0 amide bonds. The molecule has 4 heteroatoms. The number of hydrogen-bond acceptors (Lipinski definition) is 2. The van der Waals surface area contributed by atoms with E-state index in [1.165, 1.54) is 12.1 Å². The lowest BCUT2D eigenvalue weighted by Crippen LogP contribution is -2.01. The van der Waals surface area contributed by atoms with Gasteiger partial charge in [0.1, 0.15) is 5.82 Å². The van der Waals surface area contributed by atoms with E-state index in [1.54, 1.807) is 6.07 Å². The standard InChI is InChI=1S/C16H12BrFN2/c17-15-6-5-13(18)7-16(15)20-10-12-9-19-8-11-3-1-2-4-14(11)12/h1-9,20H,10H2. The lowest BCUT2D eigenvalue weighted by atomic mass is 10.1. The fourth-order valence-corrected chi connectivity index (χ4v) is 2.53. The van der Waals surface area contributed by atoms with Gasteiger partial charge in [-0.05, 0) is 45.1 Å². The van der Waals surface area contributed by atoms with E-state index in [4.69, 9.17) is 0 Å². The van der Waals surface area contributed by atoms with Gasteiger partial charge >= 0.3 is 0 Å². The van der Waals surface area contributed by atoms with Crippen LogP contribution in [-0.4, -0.2) is 4.98 Å². The Balaban J connectivity index is 1.89. The molecule has 1 N–H and O–H groups in total. The largest absolute Gasteiger partial charge is 0.380 e. The summed E-state index contributed by atoms with van der Waals surface area (Å²) in [4.78, 5) is 4.24. The first-order valence-electron chi connectivity index (χ1n) is 6.24. The molecule has 0 spiro atoms. The zero-order valence-electron chi connectivity index (χ0n) is 10.6. The highest BCUT2D eigenvalue weighted by Gasteiger charge is 2.04. The maximum atomic E-state index is 13.3. The van der Waals surface area contributed by atoms with E-state index in [0.29, 0.717) is 6.54 Å². The van der Waals surface area contributed by atoms with Gasteiger partial charge in [-0.3, -0.25) is 4.98 Å². The number of aromatic nitrogens is 1. The second kappa shape index (κ2) is 5.59. The molecule has 100 valence electrons. The molecule has 0 radical (unpaired) electrons. The van der Waals surface area contributed by atoms with E-state index in [1.807, 2.05) is 30.6 Å². The molecule has 2 aromatic carbocycles. The lowest BCUT2D eigenvalue weighted by molar-refractivity contribution is 0.628. The lowest BCUT2D eigenvalue weighted by Gasteiger charge is -2.10. The molecule has 0 aliphatic carbocycles. The maximum Gasteiger partial charge on any atom is 0.125 e. The van der Waals surface area contributed by atoms with E-state index >= 15 is 0 Å². The van der Waals surface area contributed by atoms with Crippen molar-refractivity contribution in [3.05, 3.63) is 70.7 Å². The van der Waals surface area contributed by atoms with Crippen LogP contribution in [0.1, 0.15) is 5.56 Å². The average molecular weight is 331 g/mol. The van der Waals surface area contributed by atoms with Crippen LogP contribution in [0.25, 0.3) is 10.8 Å². The van der Waals surface area contributed by atoms with Crippen molar-refractivity contribution in [1.29, 1.82) is 0 Å². The van der Waals surface area contributed by atoms with Gasteiger partial charge in [-0.2, -0.15) is 0 Å². The van der Waals surface area contributed by atoms with E-state index in [-0.39, 0.29) is 5.82 Å². The number of anilines is 1. The summed E-state index contributed by atoms with van der Waals surface area (Å²) in [6, 6.07) is 12.7. The van der Waals surface area contributed by atoms with Crippen molar-refractivity contribution in [2.24, 2.45) is 0 Å². The zero-order chi connectivity index (χ0) is 13.9. The van der Waals surface area contributed by atoms with Crippen LogP contribution in [0.5, 0.6) is 0 Å². The Labute approximate surface area is 124 Å². The molecular weight excluding hydrogens is 319 g/mol. The van der Waals surface area contributed by atoms with Crippen LogP contribution in [0, 0.1) is 5.82 Å². The number of pyridine rings is 1. The minimum Gasteiger partial charge on any atom is -0.380 e. The van der Waals surface area contributed by atoms with Gasteiger partial charge in [0, 0.05) is 28.8 Å². The molecular formula is C16H12BrFN2. The van der Waals surface area contributed by atoms with Crippen LogP contribution in [0.4, 0.5) is 10.1 Å². The number of nitrogens with zero attached hydrogens (tertiary/aromatic N) is 1. The third-order valence-corrected chi connectivity index (χ3v) is 3.84. The quantitative estimate of drug-likeness (QED) is 0.749. The third-order valence-electron chi connectivity index (χ3n) is 3.15. The molecule has 1 heterocycles. The molecule has 0 unspecified atom stereocenters. The minimum atomic E-state index is -0.258. The Morgan fingerprint density at radius 1 is 1.10 bits per heavy atom. The molecule has 0 fully saturated rings. The van der Waals surface area contributed by atoms with Crippen LogP contribution < -0.4 is 5.32 Å². The summed E-state index contributed by atoms with van der Waals surface area (Å²) in [6.45, 7) is 0.594. The molecule has 20 heavy (non-hydrogen) atoms. The van der Waals surface area contributed by atoms with Gasteiger partial charge in [0.05, 0.1) is 5.69 Å². The topological polar surface area (TPSA) is 24.9 Å². The molecule has 1 aromatic heterocycles. The van der Waals surface area contributed by atoms with E-state index in [9.17, 15) is 4.39 Å². The van der Waals surface area contributed by atoms with Crippen molar-refractivity contribution >= 4 is 32.4 Å². The number of nitrogens with one attached hydrogen (secondary N) is 1. The first kappa shape index (κ1) is 13.1. The number of benzene rings is 2. The Bertz CT molecular complexity index is 753. The van der Waals surface area contributed by atoms with Crippen molar-refractivity contribution in [2.45, 2.75) is 6.54 Å². The molecule has 0 bridgehead atoms. The predicted octanol–water partition coefficient (Wildman–Crippen LogP) is 4.75. The summed E-state index contributed by atoms with van der Waals surface area (Å²) in [7, 11) is 0. The highest BCUT2D eigenvalue weighted by molar-refractivity contribution is 9.10. The summed E-state index contributed by atoms with van der Waals surface area (Å²) in [5.74, 6) is -0.258. The second-order valence-corrected chi connectivity index (χ2v) is 5.35. The molecule has 0 aliphatic rings. The number of fused-ring (bicyclic) bond motifs is 1. The highest BCUT2D eigenvalue weighted by atomic mass is 79.9. The van der Waals surface area contributed by atoms with Gasteiger partial charge in [0.2, 0.25) is 0 Å². The monoisotopic (exact) mass is 330 g/mol. The third kappa shape index (κ3) is 2.65. The first-order valence-corrected chi connectivity index (χ1v) is 7.04. The molecule has 0 atom stereocenters. The number of halogens is 2. The average Bonchev–Trinajstić information content (AvgIpc) is 2.48. The summed E-state index contributed by atoms with van der Waals surface area (Å²) in [5.41, 5.74) is 1.82. The SMILES string of the molecule is Fc1ccc(Br)c(NCc2cncc3ccccc23)c1. The van der Waals surface area contributed by atoms with Crippen LogP contribution in [0.2, 0.25) is 0 Å². The summed E-state index contributed by atoms with van der Waals surface area (Å²) < 4.78 is 14.1. The van der Waals surface area contributed by atoms with Gasteiger partial charge < -0.3 is 5.32 Å². The van der Waals surface area contributed by atoms with Gasteiger partial charge in [0.15, 0.2) is 0 Å². The Morgan fingerprint density at radius 3 is 2.85 bits per heavy atom. The molecule has 0 aliphatic heterocycles. The summed E-state index contributed by atoms with van der Waals surface area (Å²) in [5, 5.41) is 5.49. The van der Waals surface area contributed by atoms with Crippen LogP contribution >= 0.6 is 15.9 Å². The predicted molar refractivity (Wildman–Crippen MR) is 83.2 cm³/mol. The smallest absolute Gasteiger partial charge is 0.125 e. The van der Waals surface area contributed by atoms with Crippen molar-refractivity contribution < 1.29 is 4.39 Å².